The van der Waals surface area contributed by atoms with Gasteiger partial charge in [-0.1, -0.05) is 18.2 Å². The van der Waals surface area contributed by atoms with Crippen LogP contribution in [0.15, 0.2) is 53.4 Å². The van der Waals surface area contributed by atoms with E-state index in [0.717, 1.165) is 5.56 Å². The summed E-state index contributed by atoms with van der Waals surface area (Å²) in [6.45, 7) is 6.20. The molecule has 3 atom stereocenters. The van der Waals surface area contributed by atoms with Crippen molar-refractivity contribution in [2.75, 3.05) is 20.2 Å². The zero-order valence-corrected chi connectivity index (χ0v) is 18.5. The second-order valence-corrected chi connectivity index (χ2v) is 9.48. The van der Waals surface area contributed by atoms with Gasteiger partial charge in [-0.15, -0.1) is 0 Å². The number of rotatable bonds is 6. The summed E-state index contributed by atoms with van der Waals surface area (Å²) in [6, 6.07) is 13.2. The van der Waals surface area contributed by atoms with Gasteiger partial charge in [-0.25, -0.2) is 8.42 Å². The number of methoxy groups -OCH3 is 1. The number of amides is 1. The van der Waals surface area contributed by atoms with Crippen LogP contribution in [0.3, 0.4) is 0 Å². The summed E-state index contributed by atoms with van der Waals surface area (Å²) in [7, 11) is -2.05. The molecule has 1 heterocycles. The van der Waals surface area contributed by atoms with E-state index in [-0.39, 0.29) is 29.1 Å². The molecule has 3 unspecified atom stereocenters. The molecule has 0 aliphatic carbocycles. The van der Waals surface area contributed by atoms with Crippen LogP contribution in [0.2, 0.25) is 0 Å². The number of nitrogens with zero attached hydrogens (tertiary/aromatic N) is 1. The summed E-state index contributed by atoms with van der Waals surface area (Å²) >= 11 is 0. The molecule has 1 aliphatic heterocycles. The number of ether oxygens (including phenoxy) is 2. The molecular weight excluding hydrogens is 404 g/mol. The monoisotopic (exact) mass is 432 g/mol. The predicted molar refractivity (Wildman–Crippen MR) is 114 cm³/mol. The molecule has 0 bridgehead atoms. The van der Waals surface area contributed by atoms with Crippen molar-refractivity contribution >= 4 is 15.9 Å². The Bertz CT molecular complexity index is 981. The van der Waals surface area contributed by atoms with Crippen molar-refractivity contribution in [3.8, 4) is 5.75 Å². The van der Waals surface area contributed by atoms with E-state index in [1.807, 2.05) is 45.0 Å². The number of hydrogen-bond donors (Lipinski definition) is 1. The van der Waals surface area contributed by atoms with Gasteiger partial charge in [0.1, 0.15) is 5.75 Å². The maximum Gasteiger partial charge on any atom is 0.251 e. The van der Waals surface area contributed by atoms with Crippen molar-refractivity contribution in [1.29, 1.82) is 0 Å². The summed E-state index contributed by atoms with van der Waals surface area (Å²) in [4.78, 5) is 12.8. The highest BCUT2D eigenvalue weighted by molar-refractivity contribution is 7.89. The maximum atomic E-state index is 12.9. The molecule has 1 aliphatic rings. The Balaban J connectivity index is 1.72. The molecule has 3 rings (SSSR count). The maximum absolute atomic E-state index is 12.9. The van der Waals surface area contributed by atoms with Gasteiger partial charge in [0, 0.05) is 24.2 Å². The molecule has 162 valence electrons. The highest BCUT2D eigenvalue weighted by Crippen LogP contribution is 2.25. The SMILES string of the molecule is COc1ccccc1C(C)NC(=O)c1ccc(S(=O)(=O)N2CC(C)OC(C)C2)cc1. The van der Waals surface area contributed by atoms with Crippen LogP contribution in [-0.4, -0.2) is 51.0 Å². The highest BCUT2D eigenvalue weighted by Gasteiger charge is 2.32. The predicted octanol–water partition coefficient (Wildman–Crippen LogP) is 2.98. The lowest BCUT2D eigenvalue weighted by atomic mass is 10.1. The van der Waals surface area contributed by atoms with Crippen LogP contribution in [0.1, 0.15) is 42.7 Å². The molecule has 2 aromatic rings. The van der Waals surface area contributed by atoms with Crippen LogP contribution in [0.25, 0.3) is 0 Å². The van der Waals surface area contributed by atoms with E-state index in [2.05, 4.69) is 5.32 Å². The van der Waals surface area contributed by atoms with Gasteiger partial charge in [-0.2, -0.15) is 4.31 Å². The second-order valence-electron chi connectivity index (χ2n) is 7.54. The summed E-state index contributed by atoms with van der Waals surface area (Å²) < 4.78 is 38.3. The van der Waals surface area contributed by atoms with Gasteiger partial charge in [0.2, 0.25) is 10.0 Å². The van der Waals surface area contributed by atoms with Gasteiger partial charge in [-0.3, -0.25) is 4.79 Å². The minimum atomic E-state index is -3.64. The van der Waals surface area contributed by atoms with Crippen molar-refractivity contribution in [3.63, 3.8) is 0 Å². The Hall–Kier alpha value is -2.42. The zero-order valence-electron chi connectivity index (χ0n) is 17.7. The summed E-state index contributed by atoms with van der Waals surface area (Å²) in [5.41, 5.74) is 1.25. The first-order valence-electron chi connectivity index (χ1n) is 9.92. The van der Waals surface area contributed by atoms with Crippen molar-refractivity contribution < 1.29 is 22.7 Å². The van der Waals surface area contributed by atoms with Crippen molar-refractivity contribution in [2.45, 2.75) is 43.9 Å². The number of morpholine rings is 1. The van der Waals surface area contributed by atoms with Crippen molar-refractivity contribution in [1.82, 2.24) is 9.62 Å². The third kappa shape index (κ3) is 4.83. The quantitative estimate of drug-likeness (QED) is 0.759. The minimum absolute atomic E-state index is 0.162. The van der Waals surface area contributed by atoms with Gasteiger partial charge in [0.15, 0.2) is 0 Å². The molecule has 1 fully saturated rings. The molecule has 1 amide bonds. The largest absolute Gasteiger partial charge is 0.496 e. The lowest BCUT2D eigenvalue weighted by Gasteiger charge is -2.34. The smallest absolute Gasteiger partial charge is 0.251 e. The van der Waals surface area contributed by atoms with Gasteiger partial charge in [0.05, 0.1) is 30.3 Å². The Kier molecular flexibility index (Phi) is 6.80. The van der Waals surface area contributed by atoms with Crippen LogP contribution in [-0.2, 0) is 14.8 Å². The van der Waals surface area contributed by atoms with E-state index < -0.39 is 10.0 Å². The Labute approximate surface area is 178 Å². The highest BCUT2D eigenvalue weighted by atomic mass is 32.2. The number of benzene rings is 2. The zero-order chi connectivity index (χ0) is 21.9. The average Bonchev–Trinajstić information content (AvgIpc) is 2.73. The Morgan fingerprint density at radius 2 is 1.70 bits per heavy atom. The number of carbonyl (C=O) groups excluding carboxylic acids is 1. The van der Waals surface area contributed by atoms with Crippen LogP contribution >= 0.6 is 0 Å². The number of sulfonamides is 1. The second kappa shape index (κ2) is 9.16. The van der Waals surface area contributed by atoms with Crippen molar-refractivity contribution in [2.24, 2.45) is 0 Å². The molecular formula is C22H28N2O5S. The summed E-state index contributed by atoms with van der Waals surface area (Å²) in [5, 5.41) is 2.93. The normalized spacial score (nSPS) is 21.1. The summed E-state index contributed by atoms with van der Waals surface area (Å²) in [6.07, 6.45) is -0.324. The van der Waals surface area contributed by atoms with Crippen LogP contribution in [0.5, 0.6) is 5.75 Å². The Morgan fingerprint density at radius 1 is 1.10 bits per heavy atom. The number of para-hydroxylation sites is 1. The van der Waals surface area contributed by atoms with Gasteiger partial charge in [-0.05, 0) is 51.1 Å². The van der Waals surface area contributed by atoms with Crippen molar-refractivity contribution in [3.05, 3.63) is 59.7 Å². The first-order valence-corrected chi connectivity index (χ1v) is 11.4. The lowest BCUT2D eigenvalue weighted by molar-refractivity contribution is -0.0440. The molecule has 30 heavy (non-hydrogen) atoms. The van der Waals surface area contributed by atoms with E-state index in [4.69, 9.17) is 9.47 Å². The molecule has 0 saturated carbocycles. The van der Waals surface area contributed by atoms with Gasteiger partial charge >= 0.3 is 0 Å². The van der Waals surface area contributed by atoms with E-state index in [9.17, 15) is 13.2 Å². The first kappa shape index (κ1) is 22.3. The molecule has 1 N–H and O–H groups in total. The molecule has 1 saturated heterocycles. The van der Waals surface area contributed by atoms with E-state index in [0.29, 0.717) is 24.4 Å². The molecule has 0 spiro atoms. The molecule has 2 aromatic carbocycles. The topological polar surface area (TPSA) is 84.9 Å². The first-order chi connectivity index (χ1) is 14.2. The molecule has 0 radical (unpaired) electrons. The van der Waals surface area contributed by atoms with Crippen LogP contribution in [0.4, 0.5) is 0 Å². The molecule has 0 aromatic heterocycles. The fourth-order valence-electron chi connectivity index (χ4n) is 3.64. The van der Waals surface area contributed by atoms with Crippen LogP contribution < -0.4 is 10.1 Å². The minimum Gasteiger partial charge on any atom is -0.496 e. The van der Waals surface area contributed by atoms with E-state index in [1.54, 1.807) is 7.11 Å². The fraction of sp³-hybridized carbons (Fsp3) is 0.409. The summed E-state index contributed by atoms with van der Waals surface area (Å²) in [5.74, 6) is 0.409. The average molecular weight is 433 g/mol. The Morgan fingerprint density at radius 3 is 2.30 bits per heavy atom. The number of carbonyl (C=O) groups is 1. The standard InChI is InChI=1S/C22H28N2O5S/c1-15-13-24(14-16(2)29-15)30(26,27)19-11-9-18(10-12-19)22(25)23-17(3)20-7-5-6-8-21(20)28-4/h5-12,15-17H,13-14H2,1-4H3,(H,23,25). The van der Waals surface area contributed by atoms with Gasteiger partial charge < -0.3 is 14.8 Å². The molecule has 8 heteroatoms. The lowest BCUT2D eigenvalue weighted by Crippen LogP contribution is -2.48. The van der Waals surface area contributed by atoms with E-state index in [1.165, 1.54) is 28.6 Å². The third-order valence-corrected chi connectivity index (χ3v) is 6.94. The number of nitrogens with one attached hydrogen (secondary N) is 1. The molecule has 7 nitrogen and oxygen atoms in total. The van der Waals surface area contributed by atoms with Gasteiger partial charge in [0.25, 0.3) is 5.91 Å². The van der Waals surface area contributed by atoms with Crippen LogP contribution in [0, 0.1) is 0 Å². The third-order valence-electron chi connectivity index (χ3n) is 5.09. The fourth-order valence-corrected chi connectivity index (χ4v) is 5.23. The number of hydrogen-bond acceptors (Lipinski definition) is 5. The van der Waals surface area contributed by atoms with E-state index >= 15 is 0 Å².